The van der Waals surface area contributed by atoms with Gasteiger partial charge in [0.1, 0.15) is 17.8 Å². The van der Waals surface area contributed by atoms with E-state index in [1.54, 1.807) is 0 Å². The first-order valence-electron chi connectivity index (χ1n) is 10.3. The second-order valence-electron chi connectivity index (χ2n) is 8.35. The number of fused-ring (bicyclic) bond motifs is 1. The fourth-order valence-corrected chi connectivity index (χ4v) is 3.73. The maximum atomic E-state index is 6.18. The lowest BCUT2D eigenvalue weighted by Gasteiger charge is -2.12. The lowest BCUT2D eigenvalue weighted by molar-refractivity contribution is 0.502. The van der Waals surface area contributed by atoms with Crippen LogP contribution in [-0.4, -0.2) is 32.8 Å². The molecule has 0 aliphatic carbocycles. The summed E-state index contributed by atoms with van der Waals surface area (Å²) in [6.07, 6.45) is 2.51. The van der Waals surface area contributed by atoms with E-state index < -0.39 is 0 Å². The van der Waals surface area contributed by atoms with Gasteiger partial charge in [0, 0.05) is 12.1 Å². The Labute approximate surface area is 171 Å². The number of hydrogen-bond donors (Lipinski definition) is 2. The molecule has 0 unspecified atom stereocenters. The summed E-state index contributed by atoms with van der Waals surface area (Å²) in [7, 11) is 0. The fraction of sp³-hybridized carbons (Fsp3) is 0.435. The normalized spacial score (nSPS) is 16.6. The van der Waals surface area contributed by atoms with E-state index in [-0.39, 0.29) is 6.04 Å². The van der Waals surface area contributed by atoms with Gasteiger partial charge in [-0.15, -0.1) is 0 Å². The van der Waals surface area contributed by atoms with Gasteiger partial charge in [0.25, 0.3) is 0 Å². The first-order valence-corrected chi connectivity index (χ1v) is 10.3. The van der Waals surface area contributed by atoms with Gasteiger partial charge in [-0.1, -0.05) is 39.7 Å². The second kappa shape index (κ2) is 7.84. The SMILES string of the molecule is CC(C)c1cc(C#Cc2nn([C@H]3CCNC3)c3ncnc(N)c23)cc(C(C)C)c1. The van der Waals surface area contributed by atoms with Crippen LogP contribution in [0.15, 0.2) is 24.5 Å². The molecule has 1 aromatic carbocycles. The molecule has 3 aromatic rings. The van der Waals surface area contributed by atoms with Crippen molar-refractivity contribution in [1.29, 1.82) is 0 Å². The molecule has 29 heavy (non-hydrogen) atoms. The van der Waals surface area contributed by atoms with E-state index in [2.05, 4.69) is 73.0 Å². The van der Waals surface area contributed by atoms with E-state index in [1.165, 1.54) is 17.5 Å². The Morgan fingerprint density at radius 1 is 1.07 bits per heavy atom. The van der Waals surface area contributed by atoms with Gasteiger partial charge >= 0.3 is 0 Å². The van der Waals surface area contributed by atoms with Crippen LogP contribution in [0.4, 0.5) is 5.82 Å². The molecule has 0 saturated carbocycles. The number of nitrogens with two attached hydrogens (primary N) is 1. The molecule has 6 heteroatoms. The van der Waals surface area contributed by atoms with Crippen LogP contribution in [0.25, 0.3) is 11.0 Å². The largest absolute Gasteiger partial charge is 0.383 e. The molecule has 0 bridgehead atoms. The first-order chi connectivity index (χ1) is 13.9. The van der Waals surface area contributed by atoms with Crippen molar-refractivity contribution in [1.82, 2.24) is 25.1 Å². The molecule has 1 aliphatic rings. The van der Waals surface area contributed by atoms with Gasteiger partial charge < -0.3 is 11.1 Å². The quantitative estimate of drug-likeness (QED) is 0.670. The number of nitrogen functional groups attached to an aromatic ring is 1. The van der Waals surface area contributed by atoms with Gasteiger partial charge in [0.05, 0.1) is 11.4 Å². The predicted octanol–water partition coefficient (Wildman–Crippen LogP) is 3.59. The van der Waals surface area contributed by atoms with E-state index in [9.17, 15) is 0 Å². The van der Waals surface area contributed by atoms with Crippen LogP contribution < -0.4 is 11.1 Å². The van der Waals surface area contributed by atoms with Crippen molar-refractivity contribution in [2.75, 3.05) is 18.8 Å². The summed E-state index contributed by atoms with van der Waals surface area (Å²) in [5, 5.41) is 8.91. The van der Waals surface area contributed by atoms with Gasteiger partial charge in [-0.3, -0.25) is 0 Å². The number of aromatic nitrogens is 4. The van der Waals surface area contributed by atoms with Crippen molar-refractivity contribution in [3.63, 3.8) is 0 Å². The predicted molar refractivity (Wildman–Crippen MR) is 117 cm³/mol. The van der Waals surface area contributed by atoms with Crippen LogP contribution >= 0.6 is 0 Å². The summed E-state index contributed by atoms with van der Waals surface area (Å²) in [5.74, 6) is 7.91. The second-order valence-corrected chi connectivity index (χ2v) is 8.35. The average Bonchev–Trinajstić information content (AvgIpc) is 3.34. The minimum absolute atomic E-state index is 0.263. The van der Waals surface area contributed by atoms with Gasteiger partial charge in [-0.25, -0.2) is 14.6 Å². The zero-order valence-corrected chi connectivity index (χ0v) is 17.5. The summed E-state index contributed by atoms with van der Waals surface area (Å²) in [5.41, 5.74) is 11.2. The lowest BCUT2D eigenvalue weighted by atomic mass is 9.93. The average molecular weight is 389 g/mol. The minimum atomic E-state index is 0.263. The van der Waals surface area contributed by atoms with Crippen molar-refractivity contribution in [3.8, 4) is 11.8 Å². The van der Waals surface area contributed by atoms with Crippen LogP contribution in [0.2, 0.25) is 0 Å². The van der Waals surface area contributed by atoms with Crippen LogP contribution in [-0.2, 0) is 0 Å². The third-order valence-corrected chi connectivity index (χ3v) is 5.53. The van der Waals surface area contributed by atoms with E-state index in [1.807, 2.05) is 4.68 Å². The number of nitrogens with one attached hydrogen (secondary N) is 1. The number of hydrogen-bond acceptors (Lipinski definition) is 5. The van der Waals surface area contributed by atoms with E-state index in [0.717, 1.165) is 36.1 Å². The molecule has 2 aromatic heterocycles. The zero-order chi connectivity index (χ0) is 20.5. The van der Waals surface area contributed by atoms with Crippen molar-refractivity contribution in [2.45, 2.75) is 52.0 Å². The lowest BCUT2D eigenvalue weighted by Crippen LogP contribution is -2.15. The molecular weight excluding hydrogens is 360 g/mol. The van der Waals surface area contributed by atoms with E-state index in [0.29, 0.717) is 23.3 Å². The minimum Gasteiger partial charge on any atom is -0.383 e. The van der Waals surface area contributed by atoms with Crippen molar-refractivity contribution >= 4 is 16.9 Å². The highest BCUT2D eigenvalue weighted by molar-refractivity contribution is 5.90. The first kappa shape index (κ1) is 19.4. The number of rotatable bonds is 3. The van der Waals surface area contributed by atoms with Crippen molar-refractivity contribution in [3.05, 3.63) is 46.9 Å². The topological polar surface area (TPSA) is 81.7 Å². The van der Waals surface area contributed by atoms with Gasteiger partial charge in [-0.2, -0.15) is 5.10 Å². The Bertz CT molecular complexity index is 1070. The van der Waals surface area contributed by atoms with E-state index >= 15 is 0 Å². The Morgan fingerprint density at radius 3 is 2.41 bits per heavy atom. The smallest absolute Gasteiger partial charge is 0.164 e. The Hall–Kier alpha value is -2.91. The number of benzene rings is 1. The molecule has 0 radical (unpaired) electrons. The summed E-state index contributed by atoms with van der Waals surface area (Å²) in [6, 6.07) is 6.88. The van der Waals surface area contributed by atoms with Crippen LogP contribution in [0.3, 0.4) is 0 Å². The third kappa shape index (κ3) is 3.83. The molecule has 3 heterocycles. The van der Waals surface area contributed by atoms with Crippen LogP contribution in [0.1, 0.15) is 74.4 Å². The highest BCUT2D eigenvalue weighted by Crippen LogP contribution is 2.26. The molecule has 1 atom stereocenters. The molecule has 1 saturated heterocycles. The summed E-state index contributed by atoms with van der Waals surface area (Å²) in [6.45, 7) is 10.7. The third-order valence-electron chi connectivity index (χ3n) is 5.53. The Balaban J connectivity index is 1.81. The van der Waals surface area contributed by atoms with Crippen molar-refractivity contribution in [2.24, 2.45) is 0 Å². The molecule has 0 spiro atoms. The Kier molecular flexibility index (Phi) is 5.25. The fourth-order valence-electron chi connectivity index (χ4n) is 3.73. The number of anilines is 1. The van der Waals surface area contributed by atoms with Crippen molar-refractivity contribution < 1.29 is 0 Å². The highest BCUT2D eigenvalue weighted by Gasteiger charge is 2.23. The standard InChI is InChI=1S/C23H28N6/c1-14(2)17-9-16(10-18(11-17)15(3)4)5-6-20-21-22(24)26-13-27-23(21)29(28-20)19-7-8-25-12-19/h9-11,13-15,19,25H,7-8,12H2,1-4H3,(H2,24,26,27)/t19-/m0/s1. The molecule has 3 N–H and O–H groups in total. The molecular formula is C23H28N6. The Morgan fingerprint density at radius 2 is 1.79 bits per heavy atom. The highest BCUT2D eigenvalue weighted by atomic mass is 15.3. The molecule has 6 nitrogen and oxygen atoms in total. The summed E-state index contributed by atoms with van der Waals surface area (Å²) in [4.78, 5) is 8.62. The van der Waals surface area contributed by atoms with Crippen LogP contribution in [0, 0.1) is 11.8 Å². The van der Waals surface area contributed by atoms with Gasteiger partial charge in [0.15, 0.2) is 5.65 Å². The zero-order valence-electron chi connectivity index (χ0n) is 17.5. The van der Waals surface area contributed by atoms with Crippen LogP contribution in [0.5, 0.6) is 0 Å². The van der Waals surface area contributed by atoms with Gasteiger partial charge in [0.2, 0.25) is 0 Å². The van der Waals surface area contributed by atoms with E-state index in [4.69, 9.17) is 10.8 Å². The molecule has 0 amide bonds. The molecule has 1 aliphatic heterocycles. The molecule has 4 rings (SSSR count). The summed E-state index contributed by atoms with van der Waals surface area (Å²) < 4.78 is 1.96. The maximum absolute atomic E-state index is 6.18. The number of nitrogens with zero attached hydrogens (tertiary/aromatic N) is 4. The molecule has 1 fully saturated rings. The maximum Gasteiger partial charge on any atom is 0.164 e. The monoisotopic (exact) mass is 388 g/mol. The molecule has 150 valence electrons. The summed E-state index contributed by atoms with van der Waals surface area (Å²) >= 11 is 0. The van der Waals surface area contributed by atoms with Gasteiger partial charge in [-0.05, 0) is 54.0 Å².